The lowest BCUT2D eigenvalue weighted by atomic mass is 10.1. The average molecular weight is 229 g/mol. The van der Waals surface area contributed by atoms with Gasteiger partial charge in [-0.3, -0.25) is 0 Å². The van der Waals surface area contributed by atoms with Crippen LogP contribution in [0.25, 0.3) is 0 Å². The zero-order chi connectivity index (χ0) is 12.1. The van der Waals surface area contributed by atoms with Crippen LogP contribution in [0.3, 0.4) is 0 Å². The monoisotopic (exact) mass is 229 g/mol. The molecule has 0 unspecified atom stereocenters. The van der Waals surface area contributed by atoms with E-state index in [1.807, 2.05) is 12.4 Å². The van der Waals surface area contributed by atoms with E-state index in [1.165, 1.54) is 11.1 Å². The van der Waals surface area contributed by atoms with Crippen LogP contribution in [0, 0.1) is 6.92 Å². The molecule has 17 heavy (non-hydrogen) atoms. The van der Waals surface area contributed by atoms with Crippen LogP contribution in [0.15, 0.2) is 36.7 Å². The van der Waals surface area contributed by atoms with Gasteiger partial charge in [0.25, 0.3) is 0 Å². The lowest BCUT2D eigenvalue weighted by Crippen LogP contribution is -2.16. The smallest absolute Gasteiger partial charge is 0.122 e. The van der Waals surface area contributed by atoms with Gasteiger partial charge in [-0.2, -0.15) is 0 Å². The minimum absolute atomic E-state index is 0.815. The maximum Gasteiger partial charge on any atom is 0.122 e. The fourth-order valence-electron chi connectivity index (χ4n) is 1.91. The predicted molar refractivity (Wildman–Crippen MR) is 69.6 cm³/mol. The fraction of sp³-hybridized carbons (Fsp3) is 0.357. The normalized spacial score (nSPS) is 10.7. The van der Waals surface area contributed by atoms with Gasteiger partial charge in [0.2, 0.25) is 0 Å². The van der Waals surface area contributed by atoms with E-state index in [0.717, 1.165) is 25.5 Å². The summed E-state index contributed by atoms with van der Waals surface area (Å²) in [5, 5.41) is 3.44. The Bertz CT molecular complexity index is 474. The van der Waals surface area contributed by atoms with Gasteiger partial charge in [-0.1, -0.05) is 24.3 Å². The SMILES string of the molecule is CCn1ccnc1CNCc1ccccc1C. The number of hydrogen-bond acceptors (Lipinski definition) is 2. The molecule has 90 valence electrons. The number of aromatic nitrogens is 2. The molecule has 0 saturated heterocycles. The predicted octanol–water partition coefficient (Wildman–Crippen LogP) is 2.50. The molecule has 3 nitrogen and oxygen atoms in total. The molecule has 0 aliphatic carbocycles. The van der Waals surface area contributed by atoms with E-state index in [0.29, 0.717) is 0 Å². The molecule has 1 heterocycles. The van der Waals surface area contributed by atoms with Crippen molar-refractivity contribution in [3.05, 3.63) is 53.6 Å². The highest BCUT2D eigenvalue weighted by Gasteiger charge is 2.01. The van der Waals surface area contributed by atoms with Crippen molar-refractivity contribution in [3.8, 4) is 0 Å². The Kier molecular flexibility index (Phi) is 3.94. The first-order chi connectivity index (χ1) is 8.31. The lowest BCUT2D eigenvalue weighted by molar-refractivity contribution is 0.612. The van der Waals surface area contributed by atoms with Crippen molar-refractivity contribution in [2.45, 2.75) is 33.5 Å². The lowest BCUT2D eigenvalue weighted by Gasteiger charge is -2.08. The quantitative estimate of drug-likeness (QED) is 0.853. The summed E-state index contributed by atoms with van der Waals surface area (Å²) >= 11 is 0. The van der Waals surface area contributed by atoms with Crippen molar-refractivity contribution >= 4 is 0 Å². The first kappa shape index (κ1) is 11.9. The van der Waals surface area contributed by atoms with Gasteiger partial charge < -0.3 is 9.88 Å². The maximum absolute atomic E-state index is 4.34. The van der Waals surface area contributed by atoms with E-state index in [1.54, 1.807) is 0 Å². The van der Waals surface area contributed by atoms with Gasteiger partial charge in [0.15, 0.2) is 0 Å². The second kappa shape index (κ2) is 5.64. The van der Waals surface area contributed by atoms with E-state index in [4.69, 9.17) is 0 Å². The van der Waals surface area contributed by atoms with E-state index in [2.05, 4.69) is 53.0 Å². The Morgan fingerprint density at radius 2 is 2.06 bits per heavy atom. The summed E-state index contributed by atoms with van der Waals surface area (Å²) in [4.78, 5) is 4.34. The van der Waals surface area contributed by atoms with Crippen LogP contribution in [0.2, 0.25) is 0 Å². The topological polar surface area (TPSA) is 29.9 Å². The van der Waals surface area contributed by atoms with Gasteiger partial charge in [-0.25, -0.2) is 4.98 Å². The molecule has 0 aliphatic heterocycles. The Morgan fingerprint density at radius 1 is 1.24 bits per heavy atom. The maximum atomic E-state index is 4.34. The van der Waals surface area contributed by atoms with Crippen molar-refractivity contribution in [1.29, 1.82) is 0 Å². The van der Waals surface area contributed by atoms with Crippen molar-refractivity contribution in [2.75, 3.05) is 0 Å². The molecule has 0 aliphatic rings. The van der Waals surface area contributed by atoms with Crippen LogP contribution in [-0.2, 0) is 19.6 Å². The number of benzene rings is 1. The molecule has 0 bridgehead atoms. The van der Waals surface area contributed by atoms with E-state index in [-0.39, 0.29) is 0 Å². The standard InChI is InChI=1S/C14H19N3/c1-3-17-9-8-16-14(17)11-15-10-13-7-5-4-6-12(13)2/h4-9,15H,3,10-11H2,1-2H3. The zero-order valence-electron chi connectivity index (χ0n) is 10.5. The summed E-state index contributed by atoms with van der Waals surface area (Å²) < 4.78 is 2.16. The Labute approximate surface area is 103 Å². The molecule has 0 radical (unpaired) electrons. The number of nitrogens with zero attached hydrogens (tertiary/aromatic N) is 2. The van der Waals surface area contributed by atoms with Crippen LogP contribution < -0.4 is 5.32 Å². The molecule has 1 N–H and O–H groups in total. The number of imidazole rings is 1. The molecule has 0 fully saturated rings. The highest BCUT2D eigenvalue weighted by molar-refractivity contribution is 5.25. The summed E-state index contributed by atoms with van der Waals surface area (Å²) in [6.07, 6.45) is 3.87. The third-order valence-electron chi connectivity index (χ3n) is 3.00. The molecule has 2 rings (SSSR count). The van der Waals surface area contributed by atoms with E-state index < -0.39 is 0 Å². The van der Waals surface area contributed by atoms with Gasteiger partial charge in [-0.15, -0.1) is 0 Å². The van der Waals surface area contributed by atoms with E-state index >= 15 is 0 Å². The molecular formula is C14H19N3. The Hall–Kier alpha value is -1.61. The summed E-state index contributed by atoms with van der Waals surface area (Å²) in [5.41, 5.74) is 2.68. The minimum Gasteiger partial charge on any atom is -0.334 e. The van der Waals surface area contributed by atoms with Gasteiger partial charge in [-0.05, 0) is 25.0 Å². The fourth-order valence-corrected chi connectivity index (χ4v) is 1.91. The zero-order valence-corrected chi connectivity index (χ0v) is 10.5. The Balaban J connectivity index is 1.90. The van der Waals surface area contributed by atoms with Gasteiger partial charge in [0.1, 0.15) is 5.82 Å². The van der Waals surface area contributed by atoms with Gasteiger partial charge in [0, 0.05) is 25.5 Å². The highest BCUT2D eigenvalue weighted by Crippen LogP contribution is 2.06. The minimum atomic E-state index is 0.815. The Morgan fingerprint density at radius 3 is 2.82 bits per heavy atom. The van der Waals surface area contributed by atoms with Gasteiger partial charge in [0.05, 0.1) is 6.54 Å². The highest BCUT2D eigenvalue weighted by atomic mass is 15.1. The number of nitrogens with one attached hydrogen (secondary N) is 1. The van der Waals surface area contributed by atoms with Gasteiger partial charge >= 0.3 is 0 Å². The van der Waals surface area contributed by atoms with Crippen molar-refractivity contribution in [3.63, 3.8) is 0 Å². The molecule has 1 aromatic heterocycles. The van der Waals surface area contributed by atoms with Crippen LogP contribution in [0.1, 0.15) is 23.9 Å². The summed E-state index contributed by atoms with van der Waals surface area (Å²) in [6, 6.07) is 8.46. The molecule has 2 aromatic rings. The van der Waals surface area contributed by atoms with E-state index in [9.17, 15) is 0 Å². The summed E-state index contributed by atoms with van der Waals surface area (Å²) in [6.45, 7) is 6.95. The molecule has 0 amide bonds. The number of hydrogen-bond donors (Lipinski definition) is 1. The first-order valence-electron chi connectivity index (χ1n) is 6.06. The molecule has 0 saturated carbocycles. The van der Waals surface area contributed by atoms with Crippen LogP contribution in [0.5, 0.6) is 0 Å². The average Bonchev–Trinajstić information content (AvgIpc) is 2.79. The molecule has 3 heteroatoms. The third kappa shape index (κ3) is 2.94. The van der Waals surface area contributed by atoms with Crippen LogP contribution in [0.4, 0.5) is 0 Å². The van der Waals surface area contributed by atoms with Crippen molar-refractivity contribution in [2.24, 2.45) is 0 Å². The third-order valence-corrected chi connectivity index (χ3v) is 3.00. The van der Waals surface area contributed by atoms with Crippen molar-refractivity contribution in [1.82, 2.24) is 14.9 Å². The van der Waals surface area contributed by atoms with Crippen LogP contribution in [-0.4, -0.2) is 9.55 Å². The van der Waals surface area contributed by atoms with Crippen molar-refractivity contribution < 1.29 is 0 Å². The van der Waals surface area contributed by atoms with Crippen LogP contribution >= 0.6 is 0 Å². The number of aryl methyl sites for hydroxylation is 2. The second-order valence-electron chi connectivity index (χ2n) is 4.16. The summed E-state index contributed by atoms with van der Waals surface area (Å²) in [5.74, 6) is 1.10. The summed E-state index contributed by atoms with van der Waals surface area (Å²) in [7, 11) is 0. The molecular weight excluding hydrogens is 210 g/mol. The second-order valence-corrected chi connectivity index (χ2v) is 4.16. The number of rotatable bonds is 5. The first-order valence-corrected chi connectivity index (χ1v) is 6.06. The largest absolute Gasteiger partial charge is 0.334 e. The molecule has 0 spiro atoms. The molecule has 1 aromatic carbocycles. The molecule has 0 atom stereocenters.